The van der Waals surface area contributed by atoms with Gasteiger partial charge in [-0.15, -0.1) is 11.3 Å². The molecule has 0 spiro atoms. The summed E-state index contributed by atoms with van der Waals surface area (Å²) in [5.74, 6) is -0.127. The van der Waals surface area contributed by atoms with Gasteiger partial charge in [0.05, 0.1) is 0 Å². The maximum absolute atomic E-state index is 10.8. The molecule has 0 aromatic carbocycles. The molecule has 0 radical (unpaired) electrons. The number of thiophene rings is 1. The standard InChI is InChI=1S/C12H17NO2S/c1-8-3-4-9(2)13(6-8)10-5-11(12(14)15)16-7-10/h5,7-9H,3-4,6H2,1-2H3,(H,14,15). The number of anilines is 1. The van der Waals surface area contributed by atoms with Crippen LogP contribution in [0.15, 0.2) is 11.4 Å². The first-order valence-corrected chi connectivity index (χ1v) is 6.54. The van der Waals surface area contributed by atoms with Crippen molar-refractivity contribution in [3.63, 3.8) is 0 Å². The van der Waals surface area contributed by atoms with Crippen LogP contribution in [0.1, 0.15) is 36.4 Å². The topological polar surface area (TPSA) is 40.5 Å². The van der Waals surface area contributed by atoms with E-state index in [1.807, 2.05) is 5.38 Å². The third-order valence-corrected chi connectivity index (χ3v) is 4.15. The Bertz CT molecular complexity index is 388. The second-order valence-electron chi connectivity index (χ2n) is 4.66. The lowest BCUT2D eigenvalue weighted by molar-refractivity contribution is 0.0702. The van der Waals surface area contributed by atoms with E-state index in [0.29, 0.717) is 16.8 Å². The van der Waals surface area contributed by atoms with E-state index >= 15 is 0 Å². The molecule has 1 fully saturated rings. The molecule has 1 aliphatic rings. The van der Waals surface area contributed by atoms with Gasteiger partial charge in [-0.3, -0.25) is 0 Å². The highest BCUT2D eigenvalue weighted by Gasteiger charge is 2.24. The molecule has 2 rings (SSSR count). The number of carboxylic acid groups (broad SMARTS) is 1. The van der Waals surface area contributed by atoms with Crippen LogP contribution in [0.25, 0.3) is 0 Å². The smallest absolute Gasteiger partial charge is 0.345 e. The Balaban J connectivity index is 2.18. The average molecular weight is 239 g/mol. The predicted molar refractivity (Wildman–Crippen MR) is 66.5 cm³/mol. The van der Waals surface area contributed by atoms with Gasteiger partial charge in [0.1, 0.15) is 4.88 Å². The van der Waals surface area contributed by atoms with Crippen LogP contribution in [0.4, 0.5) is 5.69 Å². The molecule has 0 aliphatic carbocycles. The van der Waals surface area contributed by atoms with Crippen molar-refractivity contribution >= 4 is 23.0 Å². The van der Waals surface area contributed by atoms with Crippen molar-refractivity contribution < 1.29 is 9.90 Å². The van der Waals surface area contributed by atoms with Gasteiger partial charge in [-0.2, -0.15) is 0 Å². The lowest BCUT2D eigenvalue weighted by Gasteiger charge is -2.37. The van der Waals surface area contributed by atoms with Gasteiger partial charge < -0.3 is 10.0 Å². The van der Waals surface area contributed by atoms with Crippen molar-refractivity contribution in [1.82, 2.24) is 0 Å². The number of hydrogen-bond donors (Lipinski definition) is 1. The van der Waals surface area contributed by atoms with Crippen molar-refractivity contribution in [1.29, 1.82) is 0 Å². The van der Waals surface area contributed by atoms with Crippen molar-refractivity contribution in [2.45, 2.75) is 32.7 Å². The summed E-state index contributed by atoms with van der Waals surface area (Å²) < 4.78 is 0. The fourth-order valence-corrected chi connectivity index (χ4v) is 2.98. The van der Waals surface area contributed by atoms with Gasteiger partial charge in [-0.1, -0.05) is 6.92 Å². The molecule has 0 saturated carbocycles. The highest BCUT2D eigenvalue weighted by atomic mass is 32.1. The molecule has 0 bridgehead atoms. The molecule has 1 N–H and O–H groups in total. The number of aromatic carboxylic acids is 1. The summed E-state index contributed by atoms with van der Waals surface area (Å²) in [4.78, 5) is 13.6. The van der Waals surface area contributed by atoms with Crippen LogP contribution in [0.2, 0.25) is 0 Å². The number of rotatable bonds is 2. The summed E-state index contributed by atoms with van der Waals surface area (Å²) >= 11 is 1.31. The SMILES string of the molecule is CC1CCC(C)N(c2csc(C(=O)O)c2)C1. The van der Waals surface area contributed by atoms with Crippen LogP contribution in [-0.4, -0.2) is 23.7 Å². The van der Waals surface area contributed by atoms with Gasteiger partial charge in [0.2, 0.25) is 0 Å². The molecule has 1 saturated heterocycles. The summed E-state index contributed by atoms with van der Waals surface area (Å²) in [5, 5.41) is 10.9. The molecule has 88 valence electrons. The van der Waals surface area contributed by atoms with Crippen LogP contribution in [0.5, 0.6) is 0 Å². The number of piperidine rings is 1. The molecule has 1 aromatic rings. The highest BCUT2D eigenvalue weighted by molar-refractivity contribution is 7.12. The van der Waals surface area contributed by atoms with Crippen molar-refractivity contribution in [2.75, 3.05) is 11.4 Å². The van der Waals surface area contributed by atoms with Crippen LogP contribution >= 0.6 is 11.3 Å². The molecule has 2 atom stereocenters. The zero-order valence-corrected chi connectivity index (χ0v) is 10.5. The number of carboxylic acids is 1. The van der Waals surface area contributed by atoms with Crippen molar-refractivity contribution in [2.24, 2.45) is 5.92 Å². The van der Waals surface area contributed by atoms with Gasteiger partial charge in [-0.05, 0) is 31.7 Å². The van der Waals surface area contributed by atoms with Crippen LogP contribution in [-0.2, 0) is 0 Å². The molecule has 3 nitrogen and oxygen atoms in total. The minimum absolute atomic E-state index is 0.431. The number of hydrogen-bond acceptors (Lipinski definition) is 3. The van der Waals surface area contributed by atoms with Crippen LogP contribution in [0.3, 0.4) is 0 Å². The van der Waals surface area contributed by atoms with Crippen molar-refractivity contribution in [3.8, 4) is 0 Å². The molecule has 2 heterocycles. The molecule has 1 aliphatic heterocycles. The number of nitrogens with zero attached hydrogens (tertiary/aromatic N) is 1. The van der Waals surface area contributed by atoms with Gasteiger partial charge in [0.15, 0.2) is 0 Å². The van der Waals surface area contributed by atoms with Gasteiger partial charge in [0, 0.05) is 23.7 Å². The first-order valence-electron chi connectivity index (χ1n) is 5.66. The molecular weight excluding hydrogens is 222 g/mol. The normalized spacial score (nSPS) is 25.8. The Labute approximate surface area is 99.7 Å². The number of carbonyl (C=O) groups is 1. The fraction of sp³-hybridized carbons (Fsp3) is 0.583. The Morgan fingerprint density at radius 1 is 1.50 bits per heavy atom. The van der Waals surface area contributed by atoms with Crippen molar-refractivity contribution in [3.05, 3.63) is 16.3 Å². The highest BCUT2D eigenvalue weighted by Crippen LogP contribution is 2.30. The van der Waals surface area contributed by atoms with E-state index in [-0.39, 0.29) is 0 Å². The summed E-state index contributed by atoms with van der Waals surface area (Å²) in [7, 11) is 0. The summed E-state index contributed by atoms with van der Waals surface area (Å²) in [6.07, 6.45) is 2.47. The second-order valence-corrected chi connectivity index (χ2v) is 5.57. The van der Waals surface area contributed by atoms with Crippen LogP contribution in [0, 0.1) is 5.92 Å². The predicted octanol–water partition coefficient (Wildman–Crippen LogP) is 3.07. The first kappa shape index (κ1) is 11.5. The Morgan fingerprint density at radius 3 is 2.88 bits per heavy atom. The molecule has 2 unspecified atom stereocenters. The van der Waals surface area contributed by atoms with E-state index in [2.05, 4.69) is 18.7 Å². The fourth-order valence-electron chi connectivity index (χ4n) is 2.24. The monoisotopic (exact) mass is 239 g/mol. The lowest BCUT2D eigenvalue weighted by Crippen LogP contribution is -2.40. The molecule has 0 amide bonds. The zero-order chi connectivity index (χ0) is 11.7. The maximum Gasteiger partial charge on any atom is 0.345 e. The first-order chi connectivity index (χ1) is 7.58. The van der Waals surface area contributed by atoms with Gasteiger partial charge in [-0.25, -0.2) is 4.79 Å². The van der Waals surface area contributed by atoms with Gasteiger partial charge >= 0.3 is 5.97 Å². The lowest BCUT2D eigenvalue weighted by atomic mass is 9.95. The molecular formula is C12H17NO2S. The Hall–Kier alpha value is -1.03. The Kier molecular flexibility index (Phi) is 3.19. The second kappa shape index (κ2) is 4.45. The van der Waals surface area contributed by atoms with Gasteiger partial charge in [0.25, 0.3) is 0 Å². The zero-order valence-electron chi connectivity index (χ0n) is 9.64. The quantitative estimate of drug-likeness (QED) is 0.862. The molecule has 4 heteroatoms. The van der Waals surface area contributed by atoms with E-state index in [1.54, 1.807) is 6.07 Å². The van der Waals surface area contributed by atoms with Crippen LogP contribution < -0.4 is 4.90 Å². The molecule has 16 heavy (non-hydrogen) atoms. The third-order valence-electron chi connectivity index (χ3n) is 3.25. The summed E-state index contributed by atoms with van der Waals surface area (Å²) in [6.45, 7) is 5.50. The minimum atomic E-state index is -0.825. The van der Waals surface area contributed by atoms with E-state index in [9.17, 15) is 4.79 Å². The summed E-state index contributed by atoms with van der Waals surface area (Å²) in [5.41, 5.74) is 1.07. The molecule has 1 aromatic heterocycles. The average Bonchev–Trinajstić information content (AvgIpc) is 2.70. The van der Waals surface area contributed by atoms with E-state index in [1.165, 1.54) is 24.2 Å². The maximum atomic E-state index is 10.8. The minimum Gasteiger partial charge on any atom is -0.477 e. The van der Waals surface area contributed by atoms with E-state index in [4.69, 9.17) is 5.11 Å². The van der Waals surface area contributed by atoms with E-state index in [0.717, 1.165) is 12.2 Å². The van der Waals surface area contributed by atoms with E-state index < -0.39 is 5.97 Å². The third kappa shape index (κ3) is 2.21. The Morgan fingerprint density at radius 2 is 2.25 bits per heavy atom. The summed E-state index contributed by atoms with van der Waals surface area (Å²) in [6, 6.07) is 2.31. The largest absolute Gasteiger partial charge is 0.477 e.